The number of benzene rings is 7. The third kappa shape index (κ3) is 2.92. The number of fused-ring (bicyclic) bond motifs is 6. The van der Waals surface area contributed by atoms with Crippen LogP contribution in [0.5, 0.6) is 0 Å². The molecule has 0 heterocycles. The standard InChI is InChI=1S/C36H23N/c1-3-14-26(15-4-1)37(27-16-5-2-6-17-27)36-30-19-10-9-18-28(30)35-33-23-25-13-8-7-12-24(25)22-32(33)29-20-11-21-31(36)34(29)35/h1-23H. The lowest BCUT2D eigenvalue weighted by Gasteiger charge is -2.29. The smallest absolute Gasteiger partial charge is 0.0619 e. The van der Waals surface area contributed by atoms with E-state index in [-0.39, 0.29) is 0 Å². The van der Waals surface area contributed by atoms with Crippen molar-refractivity contribution in [3.8, 4) is 22.3 Å². The average molecular weight is 470 g/mol. The molecule has 7 aromatic rings. The number of rotatable bonds is 3. The van der Waals surface area contributed by atoms with Crippen LogP contribution in [0.15, 0.2) is 140 Å². The minimum absolute atomic E-state index is 1.15. The van der Waals surface area contributed by atoms with Crippen molar-refractivity contribution in [2.24, 2.45) is 0 Å². The van der Waals surface area contributed by atoms with Gasteiger partial charge in [-0.1, -0.05) is 103 Å². The SMILES string of the molecule is c1ccc(N(c2ccccc2)c2c3ccccc3c3c4c(cccc24)-c2cc4ccccc4cc2-3)cc1. The monoisotopic (exact) mass is 469 g/mol. The maximum Gasteiger partial charge on any atom is 0.0619 e. The molecule has 8 rings (SSSR count). The van der Waals surface area contributed by atoms with Crippen LogP contribution in [-0.4, -0.2) is 0 Å². The van der Waals surface area contributed by atoms with Crippen molar-refractivity contribution in [1.82, 2.24) is 0 Å². The van der Waals surface area contributed by atoms with E-state index in [2.05, 4.69) is 144 Å². The molecule has 1 aliphatic rings. The first-order chi connectivity index (χ1) is 18.4. The predicted molar refractivity (Wildman–Crippen MR) is 158 cm³/mol. The molecule has 0 radical (unpaired) electrons. The number of anilines is 3. The van der Waals surface area contributed by atoms with E-state index in [9.17, 15) is 0 Å². The van der Waals surface area contributed by atoms with Crippen LogP contribution in [0, 0.1) is 0 Å². The molecule has 0 N–H and O–H groups in total. The normalized spacial score (nSPS) is 11.8. The fourth-order valence-corrected chi connectivity index (χ4v) is 6.18. The maximum atomic E-state index is 2.42. The zero-order chi connectivity index (χ0) is 24.3. The van der Waals surface area contributed by atoms with Gasteiger partial charge in [-0.25, -0.2) is 0 Å². The zero-order valence-electron chi connectivity index (χ0n) is 20.2. The van der Waals surface area contributed by atoms with Crippen molar-refractivity contribution in [2.45, 2.75) is 0 Å². The van der Waals surface area contributed by atoms with Crippen LogP contribution in [0.2, 0.25) is 0 Å². The van der Waals surface area contributed by atoms with E-state index in [1.165, 1.54) is 60.3 Å². The molecule has 0 amide bonds. The lowest BCUT2D eigenvalue weighted by molar-refractivity contribution is 1.31. The summed E-state index contributed by atoms with van der Waals surface area (Å²) in [5, 5.41) is 7.74. The summed E-state index contributed by atoms with van der Waals surface area (Å²) >= 11 is 0. The molecule has 1 heteroatoms. The van der Waals surface area contributed by atoms with Gasteiger partial charge in [-0.3, -0.25) is 0 Å². The molecular weight excluding hydrogens is 446 g/mol. The molecule has 0 spiro atoms. The lowest BCUT2D eigenvalue weighted by Crippen LogP contribution is -2.11. The Bertz CT molecular complexity index is 1930. The van der Waals surface area contributed by atoms with Crippen LogP contribution in [0.1, 0.15) is 0 Å². The third-order valence-electron chi connectivity index (χ3n) is 7.72. The van der Waals surface area contributed by atoms with Crippen molar-refractivity contribution in [3.05, 3.63) is 140 Å². The Morgan fingerprint density at radius 1 is 0.378 bits per heavy atom. The summed E-state index contributed by atoms with van der Waals surface area (Å²) < 4.78 is 0. The van der Waals surface area contributed by atoms with E-state index in [4.69, 9.17) is 0 Å². The molecule has 7 aromatic carbocycles. The van der Waals surface area contributed by atoms with Gasteiger partial charge in [0.2, 0.25) is 0 Å². The second kappa shape index (κ2) is 7.81. The predicted octanol–water partition coefficient (Wildman–Crippen LogP) is 10.3. The summed E-state index contributed by atoms with van der Waals surface area (Å²) in [5.41, 5.74) is 8.87. The summed E-state index contributed by atoms with van der Waals surface area (Å²) in [5.74, 6) is 0. The largest absolute Gasteiger partial charge is 0.309 e. The highest BCUT2D eigenvalue weighted by molar-refractivity contribution is 6.30. The zero-order valence-corrected chi connectivity index (χ0v) is 20.2. The first-order valence-electron chi connectivity index (χ1n) is 12.8. The molecular formula is C36H23N. The number of hydrogen-bond acceptors (Lipinski definition) is 1. The van der Waals surface area contributed by atoms with Crippen molar-refractivity contribution in [2.75, 3.05) is 4.90 Å². The molecule has 172 valence electrons. The third-order valence-corrected chi connectivity index (χ3v) is 7.72. The van der Waals surface area contributed by atoms with Crippen molar-refractivity contribution in [3.63, 3.8) is 0 Å². The first kappa shape index (κ1) is 20.3. The van der Waals surface area contributed by atoms with Crippen LogP contribution in [-0.2, 0) is 0 Å². The lowest BCUT2D eigenvalue weighted by atomic mass is 9.92. The minimum Gasteiger partial charge on any atom is -0.309 e. The number of hydrogen-bond donors (Lipinski definition) is 0. The van der Waals surface area contributed by atoms with Gasteiger partial charge in [-0.15, -0.1) is 0 Å². The molecule has 37 heavy (non-hydrogen) atoms. The highest BCUT2D eigenvalue weighted by Crippen LogP contribution is 2.55. The van der Waals surface area contributed by atoms with Gasteiger partial charge in [0.05, 0.1) is 5.69 Å². The molecule has 1 aliphatic carbocycles. The summed E-state index contributed by atoms with van der Waals surface area (Å²) in [6, 6.07) is 50.6. The van der Waals surface area contributed by atoms with Crippen molar-refractivity contribution >= 4 is 49.4 Å². The molecule has 0 aromatic heterocycles. The molecule has 0 atom stereocenters. The Labute approximate surface area is 215 Å². The van der Waals surface area contributed by atoms with Gasteiger partial charge in [0.15, 0.2) is 0 Å². The number of para-hydroxylation sites is 2. The topological polar surface area (TPSA) is 3.24 Å². The highest BCUT2D eigenvalue weighted by atomic mass is 15.1. The highest BCUT2D eigenvalue weighted by Gasteiger charge is 2.28. The van der Waals surface area contributed by atoms with Gasteiger partial charge >= 0.3 is 0 Å². The van der Waals surface area contributed by atoms with Gasteiger partial charge in [0.1, 0.15) is 0 Å². The first-order valence-corrected chi connectivity index (χ1v) is 12.8. The van der Waals surface area contributed by atoms with Gasteiger partial charge in [0, 0.05) is 27.5 Å². The van der Waals surface area contributed by atoms with Crippen LogP contribution in [0.25, 0.3) is 54.6 Å². The van der Waals surface area contributed by atoms with E-state index < -0.39 is 0 Å². The molecule has 0 aliphatic heterocycles. The average Bonchev–Trinajstić information content (AvgIpc) is 3.29. The Kier molecular flexibility index (Phi) is 4.29. The van der Waals surface area contributed by atoms with E-state index in [0.717, 1.165) is 11.4 Å². The van der Waals surface area contributed by atoms with Gasteiger partial charge in [-0.05, 0) is 74.8 Å². The van der Waals surface area contributed by atoms with Crippen LogP contribution in [0.4, 0.5) is 17.1 Å². The Balaban J connectivity index is 1.55. The van der Waals surface area contributed by atoms with Gasteiger partial charge in [0.25, 0.3) is 0 Å². The second-order valence-corrected chi connectivity index (χ2v) is 9.75. The molecule has 0 saturated carbocycles. The summed E-state index contributed by atoms with van der Waals surface area (Å²) in [7, 11) is 0. The van der Waals surface area contributed by atoms with Crippen LogP contribution >= 0.6 is 0 Å². The molecule has 1 nitrogen and oxygen atoms in total. The Hall–Kier alpha value is -4.88. The Morgan fingerprint density at radius 2 is 0.919 bits per heavy atom. The van der Waals surface area contributed by atoms with E-state index in [1.807, 2.05) is 0 Å². The second-order valence-electron chi connectivity index (χ2n) is 9.75. The van der Waals surface area contributed by atoms with Crippen LogP contribution in [0.3, 0.4) is 0 Å². The van der Waals surface area contributed by atoms with E-state index in [1.54, 1.807) is 0 Å². The van der Waals surface area contributed by atoms with Gasteiger partial charge in [-0.2, -0.15) is 0 Å². The van der Waals surface area contributed by atoms with E-state index >= 15 is 0 Å². The molecule has 0 saturated heterocycles. The van der Waals surface area contributed by atoms with E-state index in [0.29, 0.717) is 0 Å². The van der Waals surface area contributed by atoms with Crippen molar-refractivity contribution in [1.29, 1.82) is 0 Å². The summed E-state index contributed by atoms with van der Waals surface area (Å²) in [6.45, 7) is 0. The summed E-state index contributed by atoms with van der Waals surface area (Å²) in [6.07, 6.45) is 0. The number of nitrogens with zero attached hydrogens (tertiary/aromatic N) is 1. The molecule has 0 bridgehead atoms. The molecule has 0 unspecified atom stereocenters. The fraction of sp³-hybridized carbons (Fsp3) is 0. The summed E-state index contributed by atoms with van der Waals surface area (Å²) in [4.78, 5) is 2.42. The quantitative estimate of drug-likeness (QED) is 0.233. The van der Waals surface area contributed by atoms with Crippen LogP contribution < -0.4 is 4.90 Å². The fourth-order valence-electron chi connectivity index (χ4n) is 6.18. The maximum absolute atomic E-state index is 2.42. The van der Waals surface area contributed by atoms with Gasteiger partial charge < -0.3 is 4.90 Å². The Morgan fingerprint density at radius 3 is 1.59 bits per heavy atom. The minimum atomic E-state index is 1.15. The van der Waals surface area contributed by atoms with Crippen molar-refractivity contribution < 1.29 is 0 Å². The molecule has 0 fully saturated rings.